The normalized spacial score (nSPS) is 10.6. The van der Waals surface area contributed by atoms with Crippen LogP contribution in [0.2, 0.25) is 0 Å². The van der Waals surface area contributed by atoms with Crippen LogP contribution >= 0.6 is 0 Å². The van der Waals surface area contributed by atoms with Crippen molar-refractivity contribution >= 4 is 5.91 Å². The number of methoxy groups -OCH3 is 1. The van der Waals surface area contributed by atoms with Gasteiger partial charge in [-0.1, -0.05) is 18.2 Å². The number of nitrogens with zero attached hydrogens (tertiary/aromatic N) is 3. The van der Waals surface area contributed by atoms with Crippen molar-refractivity contribution in [2.24, 2.45) is 0 Å². The third kappa shape index (κ3) is 4.95. The zero-order valence-corrected chi connectivity index (χ0v) is 17.0. The van der Waals surface area contributed by atoms with Crippen molar-refractivity contribution in [2.75, 3.05) is 7.11 Å². The van der Waals surface area contributed by atoms with Crippen molar-refractivity contribution in [2.45, 2.75) is 13.1 Å². The van der Waals surface area contributed by atoms with Gasteiger partial charge in [-0.25, -0.2) is 4.39 Å². The minimum atomic E-state index is -0.322. The Labute approximate surface area is 179 Å². The minimum Gasteiger partial charge on any atom is -0.497 e. The van der Waals surface area contributed by atoms with Crippen molar-refractivity contribution in [3.8, 4) is 17.0 Å². The maximum atomic E-state index is 13.3. The molecule has 1 amide bonds. The fourth-order valence-corrected chi connectivity index (χ4v) is 3.23. The minimum absolute atomic E-state index is 0.194. The maximum Gasteiger partial charge on any atom is 0.272 e. The summed E-state index contributed by atoms with van der Waals surface area (Å²) in [4.78, 5) is 19.2. The van der Waals surface area contributed by atoms with E-state index in [9.17, 15) is 9.18 Å². The van der Waals surface area contributed by atoms with E-state index >= 15 is 0 Å². The van der Waals surface area contributed by atoms with Gasteiger partial charge in [-0.05, 0) is 59.7 Å². The molecule has 0 spiro atoms. The van der Waals surface area contributed by atoms with Gasteiger partial charge >= 0.3 is 0 Å². The standard InChI is InChI=1S/C24H21FN4O2/c1-31-21-10-4-17(5-11-21)15-29(16-18-3-2-12-26-14-18)24(30)23-13-22(27-28-23)19-6-8-20(25)9-7-19/h2-14H,15-16H2,1H3,(H,27,28). The van der Waals surface area contributed by atoms with E-state index in [4.69, 9.17) is 4.74 Å². The van der Waals surface area contributed by atoms with Gasteiger partial charge in [0.2, 0.25) is 0 Å². The summed E-state index contributed by atoms with van der Waals surface area (Å²) in [5.74, 6) is 0.240. The number of carbonyl (C=O) groups is 1. The van der Waals surface area contributed by atoms with Crippen LogP contribution in [0.3, 0.4) is 0 Å². The Bertz CT molecular complexity index is 1140. The van der Waals surface area contributed by atoms with Gasteiger partial charge in [0.25, 0.3) is 5.91 Å². The van der Waals surface area contributed by atoms with E-state index in [0.29, 0.717) is 24.5 Å². The number of halogens is 1. The summed E-state index contributed by atoms with van der Waals surface area (Å²) >= 11 is 0. The average molecular weight is 416 g/mol. The summed E-state index contributed by atoms with van der Waals surface area (Å²) in [5, 5.41) is 7.05. The first-order valence-electron chi connectivity index (χ1n) is 9.75. The molecule has 2 aromatic carbocycles. The van der Waals surface area contributed by atoms with Crippen LogP contribution in [0, 0.1) is 5.82 Å². The topological polar surface area (TPSA) is 71.1 Å². The van der Waals surface area contributed by atoms with Crippen molar-refractivity contribution < 1.29 is 13.9 Å². The molecular weight excluding hydrogens is 395 g/mol. The largest absolute Gasteiger partial charge is 0.497 e. The fraction of sp³-hybridized carbons (Fsp3) is 0.125. The number of amides is 1. The van der Waals surface area contributed by atoms with Crippen molar-refractivity contribution in [1.82, 2.24) is 20.1 Å². The zero-order valence-electron chi connectivity index (χ0n) is 17.0. The maximum absolute atomic E-state index is 13.3. The molecule has 1 N–H and O–H groups in total. The molecule has 2 heterocycles. The number of hydrogen-bond acceptors (Lipinski definition) is 4. The van der Waals surface area contributed by atoms with E-state index in [0.717, 1.165) is 22.4 Å². The lowest BCUT2D eigenvalue weighted by Gasteiger charge is -2.22. The van der Waals surface area contributed by atoms with Gasteiger partial charge in [-0.2, -0.15) is 5.10 Å². The SMILES string of the molecule is COc1ccc(CN(Cc2cccnc2)C(=O)c2cc(-c3ccc(F)cc3)n[nH]2)cc1. The quantitative estimate of drug-likeness (QED) is 0.483. The number of aromatic amines is 1. The van der Waals surface area contributed by atoms with Crippen molar-refractivity contribution in [3.05, 3.63) is 102 Å². The lowest BCUT2D eigenvalue weighted by atomic mass is 10.1. The predicted octanol–water partition coefficient (Wildman–Crippen LogP) is 4.46. The van der Waals surface area contributed by atoms with Gasteiger partial charge in [-0.15, -0.1) is 0 Å². The number of ether oxygens (including phenoxy) is 1. The summed E-state index contributed by atoms with van der Waals surface area (Å²) in [6.07, 6.45) is 3.44. The summed E-state index contributed by atoms with van der Waals surface area (Å²) in [5.41, 5.74) is 3.55. The van der Waals surface area contributed by atoms with Crippen molar-refractivity contribution in [1.29, 1.82) is 0 Å². The molecule has 0 fully saturated rings. The van der Waals surface area contributed by atoms with Crippen LogP contribution in [0.4, 0.5) is 4.39 Å². The first-order valence-corrected chi connectivity index (χ1v) is 9.75. The van der Waals surface area contributed by atoms with Gasteiger partial charge < -0.3 is 9.64 Å². The third-order valence-electron chi connectivity index (χ3n) is 4.86. The Morgan fingerprint density at radius 3 is 2.45 bits per heavy atom. The van der Waals surface area contributed by atoms with E-state index < -0.39 is 0 Å². The third-order valence-corrected chi connectivity index (χ3v) is 4.86. The van der Waals surface area contributed by atoms with E-state index in [2.05, 4.69) is 15.2 Å². The molecule has 0 atom stereocenters. The summed E-state index contributed by atoms with van der Waals surface area (Å²) in [6, 6.07) is 19.0. The summed E-state index contributed by atoms with van der Waals surface area (Å²) < 4.78 is 18.4. The van der Waals surface area contributed by atoms with E-state index in [1.807, 2.05) is 36.4 Å². The lowest BCUT2D eigenvalue weighted by Crippen LogP contribution is -2.30. The number of hydrogen-bond donors (Lipinski definition) is 1. The van der Waals surface area contributed by atoms with Gasteiger partial charge in [0.15, 0.2) is 0 Å². The molecule has 156 valence electrons. The molecule has 4 aromatic rings. The van der Waals surface area contributed by atoms with Gasteiger partial charge in [-0.3, -0.25) is 14.9 Å². The highest BCUT2D eigenvalue weighted by Gasteiger charge is 2.20. The molecule has 2 aromatic heterocycles. The Morgan fingerprint density at radius 1 is 1.03 bits per heavy atom. The molecule has 0 aliphatic rings. The second-order valence-electron chi connectivity index (χ2n) is 7.04. The molecule has 31 heavy (non-hydrogen) atoms. The molecule has 0 bridgehead atoms. The Kier molecular flexibility index (Phi) is 6.03. The summed E-state index contributed by atoms with van der Waals surface area (Å²) in [7, 11) is 1.62. The second kappa shape index (κ2) is 9.21. The van der Waals surface area contributed by atoms with Gasteiger partial charge in [0.05, 0.1) is 12.8 Å². The van der Waals surface area contributed by atoms with Crippen LogP contribution in [0.5, 0.6) is 5.75 Å². The molecule has 7 heteroatoms. The van der Waals surface area contributed by atoms with E-state index in [1.165, 1.54) is 12.1 Å². The van der Waals surface area contributed by atoms with Crippen molar-refractivity contribution in [3.63, 3.8) is 0 Å². The van der Waals surface area contributed by atoms with Crippen LogP contribution < -0.4 is 4.74 Å². The van der Waals surface area contributed by atoms with E-state index in [1.54, 1.807) is 42.6 Å². The highest BCUT2D eigenvalue weighted by molar-refractivity contribution is 5.93. The predicted molar refractivity (Wildman–Crippen MR) is 115 cm³/mol. The van der Waals surface area contributed by atoms with Crippen LogP contribution in [0.1, 0.15) is 21.6 Å². The average Bonchev–Trinajstić information content (AvgIpc) is 3.30. The molecule has 0 saturated heterocycles. The fourth-order valence-electron chi connectivity index (χ4n) is 3.23. The lowest BCUT2D eigenvalue weighted by molar-refractivity contribution is 0.0724. The molecule has 0 aliphatic heterocycles. The van der Waals surface area contributed by atoms with E-state index in [-0.39, 0.29) is 11.7 Å². The van der Waals surface area contributed by atoms with Crippen LogP contribution in [-0.4, -0.2) is 33.1 Å². The molecule has 0 radical (unpaired) electrons. The zero-order chi connectivity index (χ0) is 21.6. The summed E-state index contributed by atoms with van der Waals surface area (Å²) in [6.45, 7) is 0.798. The Balaban J connectivity index is 1.59. The number of aromatic nitrogens is 3. The molecule has 0 saturated carbocycles. The van der Waals surface area contributed by atoms with Crippen LogP contribution in [0.25, 0.3) is 11.3 Å². The molecule has 4 rings (SSSR count). The number of H-pyrrole nitrogens is 1. The highest BCUT2D eigenvalue weighted by atomic mass is 19.1. The Hall–Kier alpha value is -4.00. The first kappa shape index (κ1) is 20.3. The number of nitrogens with one attached hydrogen (secondary N) is 1. The number of pyridine rings is 1. The second-order valence-corrected chi connectivity index (χ2v) is 7.04. The van der Waals surface area contributed by atoms with Crippen LogP contribution in [-0.2, 0) is 13.1 Å². The monoisotopic (exact) mass is 416 g/mol. The number of benzene rings is 2. The van der Waals surface area contributed by atoms with Gasteiger partial charge in [0.1, 0.15) is 17.3 Å². The highest BCUT2D eigenvalue weighted by Crippen LogP contribution is 2.21. The molecule has 0 unspecified atom stereocenters. The number of carbonyl (C=O) groups excluding carboxylic acids is 1. The van der Waals surface area contributed by atoms with Gasteiger partial charge in [0, 0.05) is 31.0 Å². The molecular formula is C24H21FN4O2. The molecule has 6 nitrogen and oxygen atoms in total. The van der Waals surface area contributed by atoms with Crippen LogP contribution in [0.15, 0.2) is 79.1 Å². The first-order chi connectivity index (χ1) is 15.1. The number of rotatable bonds is 7. The molecule has 0 aliphatic carbocycles. The Morgan fingerprint density at radius 2 is 1.77 bits per heavy atom. The smallest absolute Gasteiger partial charge is 0.272 e.